The minimum Gasteiger partial charge on any atom is -0.459 e. The predicted octanol–water partition coefficient (Wildman–Crippen LogP) is 8.67. The first-order valence-corrected chi connectivity index (χ1v) is 15.8. The fourth-order valence-electron chi connectivity index (χ4n) is 9.31. The van der Waals surface area contributed by atoms with Crippen molar-refractivity contribution in [3.05, 3.63) is 23.8 Å². The summed E-state index contributed by atoms with van der Waals surface area (Å²) in [6.07, 6.45) is 15.4. The molecule has 3 fully saturated rings. The summed E-state index contributed by atoms with van der Waals surface area (Å²) in [7, 11) is 0. The first kappa shape index (κ1) is 30.2. The van der Waals surface area contributed by atoms with Gasteiger partial charge in [0, 0.05) is 12.0 Å². The summed E-state index contributed by atoms with van der Waals surface area (Å²) in [5, 5.41) is 0. The molecule has 39 heavy (non-hydrogen) atoms. The average Bonchev–Trinajstić information content (AvgIpc) is 3.23. The highest BCUT2D eigenvalue weighted by atomic mass is 16.7. The summed E-state index contributed by atoms with van der Waals surface area (Å²) in [5.41, 5.74) is 2.56. The lowest BCUT2D eigenvalue weighted by Crippen LogP contribution is -2.51. The van der Waals surface area contributed by atoms with Crippen LogP contribution in [0.3, 0.4) is 0 Å². The van der Waals surface area contributed by atoms with Crippen LogP contribution in [0.15, 0.2) is 23.8 Å². The average molecular weight is 543 g/mol. The number of allylic oxidation sites excluding steroid dienone is 1. The molecule has 0 spiro atoms. The van der Waals surface area contributed by atoms with Crippen LogP contribution in [0.25, 0.3) is 0 Å². The maximum absolute atomic E-state index is 12.3. The Kier molecular flexibility index (Phi) is 9.59. The van der Waals surface area contributed by atoms with Crippen molar-refractivity contribution in [1.29, 1.82) is 0 Å². The fraction of sp³-hybridized carbons (Fsp3) is 0.824. The van der Waals surface area contributed by atoms with E-state index in [9.17, 15) is 9.59 Å². The highest BCUT2D eigenvalue weighted by molar-refractivity contribution is 5.86. The smallest absolute Gasteiger partial charge is 0.459 e. The topological polar surface area (TPSA) is 61.8 Å². The Labute approximate surface area is 237 Å². The minimum absolute atomic E-state index is 0.00771. The normalized spacial score (nSPS) is 36.2. The van der Waals surface area contributed by atoms with Gasteiger partial charge in [0.15, 0.2) is 0 Å². The lowest BCUT2D eigenvalue weighted by molar-refractivity contribution is -0.140. The third-order valence-electron chi connectivity index (χ3n) is 11.4. The molecule has 1 unspecified atom stereocenters. The number of fused-ring (bicyclic) bond motifs is 5. The molecule has 4 aliphatic carbocycles. The zero-order valence-corrected chi connectivity index (χ0v) is 25.6. The first-order valence-electron chi connectivity index (χ1n) is 15.8. The largest absolute Gasteiger partial charge is 0.508 e. The molecular weight excluding hydrogens is 488 g/mol. The van der Waals surface area contributed by atoms with E-state index in [1.165, 1.54) is 56.9 Å². The lowest BCUT2D eigenvalue weighted by atomic mass is 9.47. The molecule has 4 rings (SSSR count). The van der Waals surface area contributed by atoms with Gasteiger partial charge in [0.1, 0.15) is 19.3 Å². The van der Waals surface area contributed by atoms with Gasteiger partial charge in [-0.25, -0.2) is 9.59 Å². The Hall–Kier alpha value is -1.78. The van der Waals surface area contributed by atoms with Gasteiger partial charge in [-0.05, 0) is 98.2 Å². The van der Waals surface area contributed by atoms with Gasteiger partial charge in [0.05, 0.1) is 0 Å². The summed E-state index contributed by atoms with van der Waals surface area (Å²) >= 11 is 0. The van der Waals surface area contributed by atoms with Crippen LogP contribution in [-0.2, 0) is 19.0 Å². The molecule has 8 atom stereocenters. The van der Waals surface area contributed by atoms with Crippen LogP contribution in [0.1, 0.15) is 112 Å². The Balaban J connectivity index is 1.32. The summed E-state index contributed by atoms with van der Waals surface area (Å²) in [6, 6.07) is 0. The van der Waals surface area contributed by atoms with Crippen molar-refractivity contribution in [2.45, 2.75) is 118 Å². The van der Waals surface area contributed by atoms with Gasteiger partial charge in [0.25, 0.3) is 0 Å². The molecule has 0 aliphatic heterocycles. The molecule has 0 aromatic rings. The second-order valence-corrected chi connectivity index (χ2v) is 14.3. The molecule has 5 heteroatoms. The van der Waals surface area contributed by atoms with Gasteiger partial charge in [-0.1, -0.05) is 72.1 Å². The van der Waals surface area contributed by atoms with E-state index in [0.717, 1.165) is 54.8 Å². The molecule has 0 amide bonds. The van der Waals surface area contributed by atoms with Crippen LogP contribution in [0.2, 0.25) is 0 Å². The van der Waals surface area contributed by atoms with Gasteiger partial charge >= 0.3 is 12.1 Å². The number of rotatable bonds is 10. The molecule has 0 saturated heterocycles. The van der Waals surface area contributed by atoms with E-state index in [1.807, 2.05) is 0 Å². The number of esters is 1. The highest BCUT2D eigenvalue weighted by Crippen LogP contribution is 2.67. The van der Waals surface area contributed by atoms with Crippen LogP contribution in [-0.4, -0.2) is 31.4 Å². The van der Waals surface area contributed by atoms with Crippen molar-refractivity contribution in [2.24, 2.45) is 46.3 Å². The molecule has 4 aliphatic rings. The van der Waals surface area contributed by atoms with Crippen molar-refractivity contribution in [1.82, 2.24) is 0 Å². The zero-order chi connectivity index (χ0) is 28.4. The third-order valence-corrected chi connectivity index (χ3v) is 11.4. The molecule has 220 valence electrons. The van der Waals surface area contributed by atoms with Gasteiger partial charge < -0.3 is 14.2 Å². The zero-order valence-electron chi connectivity index (χ0n) is 25.6. The van der Waals surface area contributed by atoms with Gasteiger partial charge in [-0.2, -0.15) is 0 Å². The maximum atomic E-state index is 12.3. The first-order chi connectivity index (χ1) is 18.5. The number of hydrogen-bond donors (Lipinski definition) is 0. The standard InChI is InChI=1S/C34H54O5/c1-22(2)9-8-10-24(5)28-13-14-29-27-12-11-25-21-26(39-32(36)38-20-19-37-31(35)23(3)4)15-17-33(25,6)30(27)16-18-34(28,29)7/h11,22,24,26-30H,3,8-10,12-21H2,1-2,4-7H3/t24-,26?,27+,28-,29+,30+,33+,34-/m1/s1. The molecule has 0 bridgehead atoms. The van der Waals surface area contributed by atoms with Crippen LogP contribution in [0, 0.1) is 46.3 Å². The Morgan fingerprint density at radius 2 is 1.74 bits per heavy atom. The number of ether oxygens (including phenoxy) is 3. The van der Waals surface area contributed by atoms with Crippen molar-refractivity contribution >= 4 is 12.1 Å². The van der Waals surface area contributed by atoms with Crippen LogP contribution >= 0.6 is 0 Å². The molecule has 0 N–H and O–H groups in total. The SMILES string of the molecule is C=C(C)C(=O)OCCOC(=O)OC1CC[C@@]2(C)C(=CC[C@H]3[C@@H]4CC[C@H]([C@H](C)CCCC(C)C)[C@@]4(C)CC[C@@H]32)C1. The Morgan fingerprint density at radius 1 is 1.00 bits per heavy atom. The van der Waals surface area contributed by atoms with E-state index < -0.39 is 12.1 Å². The number of hydrogen-bond acceptors (Lipinski definition) is 5. The van der Waals surface area contributed by atoms with Crippen molar-refractivity contribution in [3.63, 3.8) is 0 Å². The van der Waals surface area contributed by atoms with Crippen molar-refractivity contribution < 1.29 is 23.8 Å². The molecule has 0 heterocycles. The highest BCUT2D eigenvalue weighted by Gasteiger charge is 2.59. The summed E-state index contributed by atoms with van der Waals surface area (Å²) in [6.45, 7) is 17.5. The van der Waals surface area contributed by atoms with Gasteiger partial charge in [-0.3, -0.25) is 0 Å². The number of carbonyl (C=O) groups is 2. The lowest BCUT2D eigenvalue weighted by Gasteiger charge is -2.58. The Bertz CT molecular complexity index is 936. The van der Waals surface area contributed by atoms with Crippen LogP contribution < -0.4 is 0 Å². The van der Waals surface area contributed by atoms with E-state index in [2.05, 4.69) is 47.3 Å². The summed E-state index contributed by atoms with van der Waals surface area (Å²) in [5.74, 6) is 4.46. The predicted molar refractivity (Wildman–Crippen MR) is 155 cm³/mol. The quantitative estimate of drug-likeness (QED) is 0.120. The molecule has 0 aromatic carbocycles. The van der Waals surface area contributed by atoms with E-state index in [0.29, 0.717) is 11.0 Å². The molecule has 5 nitrogen and oxygen atoms in total. The van der Waals surface area contributed by atoms with E-state index >= 15 is 0 Å². The minimum atomic E-state index is -0.669. The maximum Gasteiger partial charge on any atom is 0.508 e. The van der Waals surface area contributed by atoms with E-state index in [4.69, 9.17) is 14.2 Å². The van der Waals surface area contributed by atoms with Gasteiger partial charge in [-0.15, -0.1) is 0 Å². The van der Waals surface area contributed by atoms with E-state index in [1.54, 1.807) is 6.92 Å². The van der Waals surface area contributed by atoms with Gasteiger partial charge in [0.2, 0.25) is 0 Å². The molecular formula is C34H54O5. The molecule has 3 saturated carbocycles. The monoisotopic (exact) mass is 542 g/mol. The van der Waals surface area contributed by atoms with Crippen LogP contribution in [0.4, 0.5) is 4.79 Å². The Morgan fingerprint density at radius 3 is 2.46 bits per heavy atom. The number of carbonyl (C=O) groups excluding carboxylic acids is 2. The summed E-state index contributed by atoms with van der Waals surface area (Å²) < 4.78 is 15.8. The third kappa shape index (κ3) is 6.43. The summed E-state index contributed by atoms with van der Waals surface area (Å²) in [4.78, 5) is 23.7. The van der Waals surface area contributed by atoms with Crippen LogP contribution in [0.5, 0.6) is 0 Å². The molecule has 0 aromatic heterocycles. The molecule has 0 radical (unpaired) electrons. The van der Waals surface area contributed by atoms with Crippen molar-refractivity contribution in [2.75, 3.05) is 13.2 Å². The second-order valence-electron chi connectivity index (χ2n) is 14.3. The van der Waals surface area contributed by atoms with Crippen molar-refractivity contribution in [3.8, 4) is 0 Å². The fourth-order valence-corrected chi connectivity index (χ4v) is 9.31. The van der Waals surface area contributed by atoms with E-state index in [-0.39, 0.29) is 24.7 Å². The second kappa shape index (κ2) is 12.4.